The quantitative estimate of drug-likeness (QED) is 0.706. The largest absolute Gasteiger partial charge is 0.480 e. The van der Waals surface area contributed by atoms with Crippen molar-refractivity contribution in [3.8, 4) is 0 Å². The zero-order valence-corrected chi connectivity index (χ0v) is 8.39. The summed E-state index contributed by atoms with van der Waals surface area (Å²) in [5.41, 5.74) is 5.42. The van der Waals surface area contributed by atoms with Crippen LogP contribution >= 0.6 is 0 Å². The predicted molar refractivity (Wildman–Crippen MR) is 52.3 cm³/mol. The van der Waals surface area contributed by atoms with Crippen molar-refractivity contribution in [2.24, 2.45) is 5.73 Å². The van der Waals surface area contributed by atoms with Crippen LogP contribution < -0.4 is 5.73 Å². The van der Waals surface area contributed by atoms with Crippen LogP contribution in [0.1, 0.15) is 24.5 Å². The van der Waals surface area contributed by atoms with Crippen LogP contribution in [0.3, 0.4) is 0 Å². The number of aryl methyl sites for hydroxylation is 2. The van der Waals surface area contributed by atoms with E-state index in [4.69, 9.17) is 10.8 Å². The van der Waals surface area contributed by atoms with E-state index in [1.165, 1.54) is 0 Å². The Balaban J connectivity index is 2.09. The number of nitrogens with zero attached hydrogens (tertiary/aromatic N) is 3. The molecule has 1 aliphatic rings. The molecule has 6 heteroatoms. The van der Waals surface area contributed by atoms with E-state index in [-0.39, 0.29) is 6.42 Å². The number of fused-ring (bicyclic) bond motifs is 1. The third-order valence-electron chi connectivity index (χ3n) is 2.53. The van der Waals surface area contributed by atoms with Crippen molar-refractivity contribution in [1.82, 2.24) is 14.8 Å². The van der Waals surface area contributed by atoms with Crippen LogP contribution in [0.2, 0.25) is 0 Å². The lowest BCUT2D eigenvalue weighted by Gasteiger charge is -2.09. The first-order chi connectivity index (χ1) is 7.16. The third kappa shape index (κ3) is 2.15. The first-order valence-corrected chi connectivity index (χ1v) is 5.08. The Morgan fingerprint density at radius 2 is 2.40 bits per heavy atom. The van der Waals surface area contributed by atoms with Gasteiger partial charge in [0.05, 0.1) is 0 Å². The lowest BCUT2D eigenvalue weighted by atomic mass is 10.2. The van der Waals surface area contributed by atoms with Gasteiger partial charge in [-0.1, -0.05) is 0 Å². The van der Waals surface area contributed by atoms with Crippen LogP contribution in [0.25, 0.3) is 0 Å². The summed E-state index contributed by atoms with van der Waals surface area (Å²) in [5, 5.41) is 12.9. The third-order valence-corrected chi connectivity index (χ3v) is 2.53. The Bertz CT molecular complexity index is 351. The number of hydrogen-bond acceptors (Lipinski definition) is 4. The molecule has 0 aliphatic carbocycles. The summed E-state index contributed by atoms with van der Waals surface area (Å²) in [7, 11) is 0. The van der Waals surface area contributed by atoms with Gasteiger partial charge in [0, 0.05) is 19.4 Å². The lowest BCUT2D eigenvalue weighted by Crippen LogP contribution is -2.32. The molecule has 6 nitrogen and oxygen atoms in total. The highest BCUT2D eigenvalue weighted by molar-refractivity contribution is 5.73. The van der Waals surface area contributed by atoms with Crippen molar-refractivity contribution in [2.75, 3.05) is 0 Å². The average Bonchev–Trinajstić information content (AvgIpc) is 2.59. The number of carbonyl (C=O) groups is 1. The van der Waals surface area contributed by atoms with Crippen LogP contribution in [-0.2, 0) is 24.2 Å². The second-order valence-corrected chi connectivity index (χ2v) is 3.77. The van der Waals surface area contributed by atoms with Crippen LogP contribution in [0.15, 0.2) is 0 Å². The van der Waals surface area contributed by atoms with Gasteiger partial charge in [-0.15, -0.1) is 0 Å². The van der Waals surface area contributed by atoms with Crippen molar-refractivity contribution in [3.05, 3.63) is 11.6 Å². The minimum absolute atomic E-state index is 0.204. The molecule has 1 aromatic heterocycles. The molecule has 0 aromatic carbocycles. The molecule has 2 heterocycles. The van der Waals surface area contributed by atoms with Gasteiger partial charge in [-0.2, -0.15) is 5.10 Å². The van der Waals surface area contributed by atoms with Crippen molar-refractivity contribution in [3.63, 3.8) is 0 Å². The summed E-state index contributed by atoms with van der Waals surface area (Å²) < 4.78 is 1.85. The Morgan fingerprint density at radius 3 is 3.07 bits per heavy atom. The van der Waals surface area contributed by atoms with Gasteiger partial charge in [0.1, 0.15) is 11.9 Å². The van der Waals surface area contributed by atoms with E-state index >= 15 is 0 Å². The van der Waals surface area contributed by atoms with E-state index < -0.39 is 12.0 Å². The van der Waals surface area contributed by atoms with Gasteiger partial charge in [0.15, 0.2) is 5.82 Å². The second kappa shape index (κ2) is 3.98. The highest BCUT2D eigenvalue weighted by Gasteiger charge is 2.18. The number of carboxylic acid groups (broad SMARTS) is 1. The van der Waals surface area contributed by atoms with Crippen molar-refractivity contribution in [2.45, 2.75) is 38.3 Å². The van der Waals surface area contributed by atoms with Crippen molar-refractivity contribution in [1.29, 1.82) is 0 Å². The smallest absolute Gasteiger partial charge is 0.320 e. The summed E-state index contributed by atoms with van der Waals surface area (Å²) in [6.07, 6.45) is 3.37. The van der Waals surface area contributed by atoms with Gasteiger partial charge < -0.3 is 10.8 Å². The second-order valence-electron chi connectivity index (χ2n) is 3.77. The molecule has 1 aromatic rings. The fraction of sp³-hybridized carbons (Fsp3) is 0.667. The standard InChI is InChI=1S/C9H14N4O2/c10-6(9(14)15)5-7-11-8-3-1-2-4-13(8)12-7/h6H,1-5,10H2,(H,14,15). The zero-order valence-electron chi connectivity index (χ0n) is 8.39. The molecular weight excluding hydrogens is 196 g/mol. The highest BCUT2D eigenvalue weighted by Crippen LogP contribution is 2.12. The van der Waals surface area contributed by atoms with Gasteiger partial charge >= 0.3 is 5.97 Å². The Morgan fingerprint density at radius 1 is 1.60 bits per heavy atom. The van der Waals surface area contributed by atoms with Crippen LogP contribution in [0, 0.1) is 0 Å². The van der Waals surface area contributed by atoms with Crippen molar-refractivity contribution >= 4 is 5.97 Å². The van der Waals surface area contributed by atoms with E-state index in [1.807, 2.05) is 4.68 Å². The molecule has 82 valence electrons. The molecule has 0 radical (unpaired) electrons. The molecule has 1 aliphatic heterocycles. The zero-order chi connectivity index (χ0) is 10.8. The first-order valence-electron chi connectivity index (χ1n) is 5.08. The Hall–Kier alpha value is -1.43. The van der Waals surface area contributed by atoms with E-state index in [1.54, 1.807) is 0 Å². The lowest BCUT2D eigenvalue weighted by molar-refractivity contribution is -0.138. The first kappa shape index (κ1) is 10.1. The minimum atomic E-state index is -1.01. The molecule has 15 heavy (non-hydrogen) atoms. The number of aromatic nitrogens is 3. The van der Waals surface area contributed by atoms with Crippen LogP contribution in [0.4, 0.5) is 0 Å². The summed E-state index contributed by atoms with van der Waals surface area (Å²) in [6, 6.07) is -0.908. The molecule has 0 saturated carbocycles. The van der Waals surface area contributed by atoms with Gasteiger partial charge in [0.2, 0.25) is 0 Å². The molecule has 0 bridgehead atoms. The summed E-state index contributed by atoms with van der Waals surface area (Å²) >= 11 is 0. The molecule has 2 rings (SSSR count). The van der Waals surface area contributed by atoms with Crippen LogP contribution in [0.5, 0.6) is 0 Å². The number of nitrogens with two attached hydrogens (primary N) is 1. The Kier molecular flexibility index (Phi) is 2.68. The van der Waals surface area contributed by atoms with Crippen LogP contribution in [-0.4, -0.2) is 31.9 Å². The molecule has 0 saturated heterocycles. The minimum Gasteiger partial charge on any atom is -0.480 e. The van der Waals surface area contributed by atoms with Gasteiger partial charge in [0.25, 0.3) is 0 Å². The van der Waals surface area contributed by atoms with Crippen molar-refractivity contribution < 1.29 is 9.90 Å². The number of aliphatic carboxylic acids is 1. The topological polar surface area (TPSA) is 94.0 Å². The SMILES string of the molecule is NC(Cc1nc2n(n1)CCCC2)C(=O)O. The molecule has 3 N–H and O–H groups in total. The maximum Gasteiger partial charge on any atom is 0.320 e. The number of carboxylic acids is 1. The average molecular weight is 210 g/mol. The molecule has 0 amide bonds. The summed E-state index contributed by atoms with van der Waals surface area (Å²) in [6.45, 7) is 0.880. The molecule has 1 unspecified atom stereocenters. The predicted octanol–water partition coefficient (Wildman–Crippen LogP) is -0.431. The maximum atomic E-state index is 10.6. The highest BCUT2D eigenvalue weighted by atomic mass is 16.4. The number of rotatable bonds is 3. The normalized spacial score (nSPS) is 17.1. The van der Waals surface area contributed by atoms with Gasteiger partial charge in [-0.05, 0) is 12.8 Å². The van der Waals surface area contributed by atoms with Gasteiger partial charge in [-0.3, -0.25) is 4.79 Å². The van der Waals surface area contributed by atoms with Gasteiger partial charge in [-0.25, -0.2) is 9.67 Å². The van der Waals surface area contributed by atoms with E-state index in [2.05, 4.69) is 10.1 Å². The maximum absolute atomic E-state index is 10.6. The molecular formula is C9H14N4O2. The van der Waals surface area contributed by atoms with E-state index in [0.717, 1.165) is 31.6 Å². The fourth-order valence-corrected chi connectivity index (χ4v) is 1.71. The number of hydrogen-bond donors (Lipinski definition) is 2. The van der Waals surface area contributed by atoms with E-state index in [9.17, 15) is 4.79 Å². The van der Waals surface area contributed by atoms with E-state index in [0.29, 0.717) is 5.82 Å². The summed E-state index contributed by atoms with van der Waals surface area (Å²) in [5.74, 6) is 0.485. The molecule has 1 atom stereocenters. The summed E-state index contributed by atoms with van der Waals surface area (Å²) in [4.78, 5) is 14.8. The molecule has 0 fully saturated rings. The monoisotopic (exact) mass is 210 g/mol. The Labute approximate surface area is 87.1 Å². The molecule has 0 spiro atoms. The fourth-order valence-electron chi connectivity index (χ4n) is 1.71.